The SMILES string of the molecule is Cc1ccc2[nH]c(C)c(C(=O)NCc3ccco3)c2c1. The van der Waals surface area contributed by atoms with Crippen LogP contribution in [0.3, 0.4) is 0 Å². The lowest BCUT2D eigenvalue weighted by Gasteiger charge is -2.04. The first kappa shape index (κ1) is 12.5. The minimum absolute atomic E-state index is 0.0873. The van der Waals surface area contributed by atoms with E-state index in [2.05, 4.69) is 10.3 Å². The summed E-state index contributed by atoms with van der Waals surface area (Å²) in [5, 5.41) is 3.85. The fourth-order valence-electron chi connectivity index (χ4n) is 2.40. The Bertz CT molecular complexity index is 754. The number of aromatic amines is 1. The summed E-state index contributed by atoms with van der Waals surface area (Å²) < 4.78 is 5.22. The lowest BCUT2D eigenvalue weighted by Crippen LogP contribution is -2.23. The van der Waals surface area contributed by atoms with E-state index in [4.69, 9.17) is 4.42 Å². The van der Waals surface area contributed by atoms with Crippen LogP contribution in [0.15, 0.2) is 41.0 Å². The predicted molar refractivity (Wildman–Crippen MR) is 77.7 cm³/mol. The van der Waals surface area contributed by atoms with Crippen LogP contribution < -0.4 is 5.32 Å². The summed E-state index contributed by atoms with van der Waals surface area (Å²) in [6.07, 6.45) is 1.60. The number of hydrogen-bond acceptors (Lipinski definition) is 2. The maximum Gasteiger partial charge on any atom is 0.254 e. The van der Waals surface area contributed by atoms with Crippen molar-refractivity contribution in [2.24, 2.45) is 0 Å². The Kier molecular flexibility index (Phi) is 3.06. The van der Waals surface area contributed by atoms with Gasteiger partial charge in [-0.05, 0) is 38.1 Å². The van der Waals surface area contributed by atoms with Gasteiger partial charge in [-0.3, -0.25) is 4.79 Å². The summed E-state index contributed by atoms with van der Waals surface area (Å²) in [5.74, 6) is 0.655. The molecule has 2 heterocycles. The second-order valence-electron chi connectivity index (χ2n) is 4.94. The summed E-state index contributed by atoms with van der Waals surface area (Å²) in [6, 6.07) is 9.71. The summed E-state index contributed by atoms with van der Waals surface area (Å²) >= 11 is 0. The van der Waals surface area contributed by atoms with Gasteiger partial charge in [0.05, 0.1) is 18.4 Å². The average Bonchev–Trinajstić information content (AvgIpc) is 3.02. The Labute approximate surface area is 116 Å². The smallest absolute Gasteiger partial charge is 0.254 e. The lowest BCUT2D eigenvalue weighted by molar-refractivity contribution is 0.0949. The van der Waals surface area contributed by atoms with Gasteiger partial charge in [0, 0.05) is 16.6 Å². The summed E-state index contributed by atoms with van der Waals surface area (Å²) in [5.41, 5.74) is 3.70. The van der Waals surface area contributed by atoms with Crippen molar-refractivity contribution >= 4 is 16.8 Å². The molecule has 20 heavy (non-hydrogen) atoms. The third-order valence-electron chi connectivity index (χ3n) is 3.37. The molecule has 0 saturated carbocycles. The summed E-state index contributed by atoms with van der Waals surface area (Å²) in [4.78, 5) is 15.6. The highest BCUT2D eigenvalue weighted by atomic mass is 16.3. The van der Waals surface area contributed by atoms with Gasteiger partial charge < -0.3 is 14.7 Å². The maximum absolute atomic E-state index is 12.4. The molecule has 0 fully saturated rings. The van der Waals surface area contributed by atoms with Gasteiger partial charge in [-0.25, -0.2) is 0 Å². The van der Waals surface area contributed by atoms with Crippen molar-refractivity contribution in [3.63, 3.8) is 0 Å². The molecule has 4 heteroatoms. The molecule has 2 aromatic heterocycles. The molecule has 1 amide bonds. The Morgan fingerprint density at radius 2 is 2.15 bits per heavy atom. The second kappa shape index (κ2) is 4.89. The maximum atomic E-state index is 12.4. The molecule has 2 N–H and O–H groups in total. The number of aryl methyl sites for hydroxylation is 2. The van der Waals surface area contributed by atoms with E-state index < -0.39 is 0 Å². The minimum atomic E-state index is -0.0873. The number of amides is 1. The van der Waals surface area contributed by atoms with Gasteiger partial charge in [-0.2, -0.15) is 0 Å². The number of aromatic nitrogens is 1. The van der Waals surface area contributed by atoms with Crippen molar-refractivity contribution in [2.45, 2.75) is 20.4 Å². The predicted octanol–water partition coefficient (Wildman–Crippen LogP) is 3.31. The van der Waals surface area contributed by atoms with Crippen molar-refractivity contribution in [3.8, 4) is 0 Å². The monoisotopic (exact) mass is 268 g/mol. The van der Waals surface area contributed by atoms with E-state index >= 15 is 0 Å². The van der Waals surface area contributed by atoms with Crippen LogP contribution >= 0.6 is 0 Å². The lowest BCUT2D eigenvalue weighted by atomic mass is 10.1. The van der Waals surface area contributed by atoms with E-state index in [9.17, 15) is 4.79 Å². The normalized spacial score (nSPS) is 10.9. The number of rotatable bonds is 3. The van der Waals surface area contributed by atoms with Gasteiger partial charge in [-0.1, -0.05) is 11.6 Å². The van der Waals surface area contributed by atoms with Gasteiger partial charge >= 0.3 is 0 Å². The zero-order valence-electron chi connectivity index (χ0n) is 11.5. The molecule has 0 aliphatic rings. The molecule has 3 rings (SSSR count). The highest BCUT2D eigenvalue weighted by molar-refractivity contribution is 6.08. The summed E-state index contributed by atoms with van der Waals surface area (Å²) in [6.45, 7) is 4.33. The number of nitrogens with one attached hydrogen (secondary N) is 2. The molecule has 0 bridgehead atoms. The van der Waals surface area contributed by atoms with E-state index in [1.54, 1.807) is 6.26 Å². The largest absolute Gasteiger partial charge is 0.467 e. The average molecular weight is 268 g/mol. The zero-order valence-corrected chi connectivity index (χ0v) is 11.5. The van der Waals surface area contributed by atoms with E-state index in [0.29, 0.717) is 12.1 Å². The fraction of sp³-hybridized carbons (Fsp3) is 0.188. The molecule has 0 radical (unpaired) electrons. The molecule has 0 saturated heterocycles. The number of fused-ring (bicyclic) bond motifs is 1. The van der Waals surface area contributed by atoms with Gasteiger partial charge in [0.1, 0.15) is 5.76 Å². The Morgan fingerprint density at radius 1 is 1.30 bits per heavy atom. The third kappa shape index (κ3) is 2.20. The standard InChI is InChI=1S/C16H16N2O2/c1-10-5-6-14-13(8-10)15(11(2)18-14)16(19)17-9-12-4-3-7-20-12/h3-8,18H,9H2,1-2H3,(H,17,19). The first-order valence-electron chi connectivity index (χ1n) is 6.54. The van der Waals surface area contributed by atoms with E-state index in [0.717, 1.165) is 27.9 Å². The third-order valence-corrected chi connectivity index (χ3v) is 3.37. The molecule has 0 unspecified atom stereocenters. The van der Waals surface area contributed by atoms with Crippen LogP contribution in [0.2, 0.25) is 0 Å². The number of carbonyl (C=O) groups excluding carboxylic acids is 1. The van der Waals surface area contributed by atoms with Crippen LogP contribution in [0.25, 0.3) is 10.9 Å². The van der Waals surface area contributed by atoms with Crippen molar-refractivity contribution in [2.75, 3.05) is 0 Å². The fourth-order valence-corrected chi connectivity index (χ4v) is 2.40. The molecule has 4 nitrogen and oxygen atoms in total. The minimum Gasteiger partial charge on any atom is -0.467 e. The Balaban J connectivity index is 1.90. The molecule has 3 aromatic rings. The molecule has 0 aliphatic heterocycles. The Hall–Kier alpha value is -2.49. The van der Waals surface area contributed by atoms with Crippen molar-refractivity contribution < 1.29 is 9.21 Å². The molecule has 102 valence electrons. The number of benzene rings is 1. The quantitative estimate of drug-likeness (QED) is 0.765. The number of furan rings is 1. The molecular weight excluding hydrogens is 252 g/mol. The molecule has 0 aliphatic carbocycles. The number of carbonyl (C=O) groups is 1. The second-order valence-corrected chi connectivity index (χ2v) is 4.94. The molecular formula is C16H16N2O2. The number of H-pyrrole nitrogens is 1. The molecule has 0 atom stereocenters. The van der Waals surface area contributed by atoms with Crippen molar-refractivity contribution in [3.05, 3.63) is 59.2 Å². The van der Waals surface area contributed by atoms with E-state index in [-0.39, 0.29) is 5.91 Å². The van der Waals surface area contributed by atoms with Crippen LogP contribution in [0.1, 0.15) is 27.4 Å². The van der Waals surface area contributed by atoms with E-state index in [1.807, 2.05) is 44.2 Å². The van der Waals surface area contributed by atoms with Gasteiger partial charge in [0.2, 0.25) is 0 Å². The van der Waals surface area contributed by atoms with Gasteiger partial charge in [-0.15, -0.1) is 0 Å². The van der Waals surface area contributed by atoms with Crippen LogP contribution in [0, 0.1) is 13.8 Å². The summed E-state index contributed by atoms with van der Waals surface area (Å²) in [7, 11) is 0. The van der Waals surface area contributed by atoms with Crippen LogP contribution in [-0.2, 0) is 6.54 Å². The highest BCUT2D eigenvalue weighted by Gasteiger charge is 2.16. The first-order chi connectivity index (χ1) is 9.65. The zero-order chi connectivity index (χ0) is 14.1. The molecule has 1 aromatic carbocycles. The highest BCUT2D eigenvalue weighted by Crippen LogP contribution is 2.23. The van der Waals surface area contributed by atoms with Crippen LogP contribution in [0.5, 0.6) is 0 Å². The number of hydrogen-bond donors (Lipinski definition) is 2. The molecule has 0 spiro atoms. The van der Waals surface area contributed by atoms with Gasteiger partial charge in [0.15, 0.2) is 0 Å². The van der Waals surface area contributed by atoms with Crippen LogP contribution in [0.4, 0.5) is 0 Å². The topological polar surface area (TPSA) is 58.0 Å². The van der Waals surface area contributed by atoms with Crippen molar-refractivity contribution in [1.29, 1.82) is 0 Å². The first-order valence-corrected chi connectivity index (χ1v) is 6.54. The van der Waals surface area contributed by atoms with Crippen LogP contribution in [-0.4, -0.2) is 10.9 Å². The Morgan fingerprint density at radius 3 is 2.90 bits per heavy atom. The van der Waals surface area contributed by atoms with Crippen molar-refractivity contribution in [1.82, 2.24) is 10.3 Å². The van der Waals surface area contributed by atoms with E-state index in [1.165, 1.54) is 0 Å². The van der Waals surface area contributed by atoms with Gasteiger partial charge in [0.25, 0.3) is 5.91 Å².